The number of nitrogens with zero attached hydrogens (tertiary/aromatic N) is 3. The Labute approximate surface area is 131 Å². The van der Waals surface area contributed by atoms with E-state index in [4.69, 9.17) is 0 Å². The normalized spacial score (nSPS) is 27.4. The molecule has 0 unspecified atom stereocenters. The average molecular weight is 300 g/mol. The molecule has 2 aliphatic carbocycles. The Balaban J connectivity index is 1.33. The molecule has 2 heterocycles. The first kappa shape index (κ1) is 14.1. The number of likely N-dealkylation sites (tertiary alicyclic amines) is 1. The lowest BCUT2D eigenvalue weighted by Gasteiger charge is -2.54. The monoisotopic (exact) mass is 300 g/mol. The van der Waals surface area contributed by atoms with Crippen LogP contribution in [0.5, 0.6) is 0 Å². The van der Waals surface area contributed by atoms with Crippen LogP contribution >= 0.6 is 0 Å². The molecule has 1 atom stereocenters. The highest BCUT2D eigenvalue weighted by atomic mass is 16.2. The number of hydrogen-bond acceptors (Lipinski definition) is 4. The number of hydrogen-bond donors (Lipinski definition) is 1. The summed E-state index contributed by atoms with van der Waals surface area (Å²) in [7, 11) is 0. The minimum absolute atomic E-state index is 0.0717. The van der Waals surface area contributed by atoms with Crippen LogP contribution in [0.2, 0.25) is 0 Å². The number of aromatic nitrogens is 2. The van der Waals surface area contributed by atoms with Crippen LogP contribution in [0.3, 0.4) is 0 Å². The average Bonchev–Trinajstić information content (AvgIpc) is 3.37. The molecule has 1 spiro atoms. The summed E-state index contributed by atoms with van der Waals surface area (Å²) in [6.07, 6.45) is 12.4. The fourth-order valence-electron chi connectivity index (χ4n) is 4.02. The van der Waals surface area contributed by atoms with Crippen molar-refractivity contribution in [3.05, 3.63) is 24.3 Å². The van der Waals surface area contributed by atoms with Gasteiger partial charge in [0, 0.05) is 25.0 Å². The third-order valence-corrected chi connectivity index (χ3v) is 5.84. The predicted octanol–water partition coefficient (Wildman–Crippen LogP) is 1.86. The molecule has 3 aliphatic rings. The summed E-state index contributed by atoms with van der Waals surface area (Å²) >= 11 is 0. The van der Waals surface area contributed by atoms with Gasteiger partial charge in [-0.25, -0.2) is 4.98 Å². The maximum absolute atomic E-state index is 12.3. The van der Waals surface area contributed by atoms with E-state index < -0.39 is 0 Å². The van der Waals surface area contributed by atoms with Crippen molar-refractivity contribution in [2.45, 2.75) is 44.6 Å². The molecule has 1 N–H and O–H groups in total. The van der Waals surface area contributed by atoms with Gasteiger partial charge in [0.15, 0.2) is 0 Å². The number of nitrogens with one attached hydrogen (secondary N) is 1. The Kier molecular flexibility index (Phi) is 3.60. The van der Waals surface area contributed by atoms with Gasteiger partial charge in [0.25, 0.3) is 5.91 Å². The lowest BCUT2D eigenvalue weighted by Crippen LogP contribution is -2.59. The molecule has 0 radical (unpaired) electrons. The van der Waals surface area contributed by atoms with E-state index >= 15 is 0 Å². The summed E-state index contributed by atoms with van der Waals surface area (Å²) in [4.78, 5) is 23.0. The van der Waals surface area contributed by atoms with Gasteiger partial charge in [-0.15, -0.1) is 0 Å². The minimum atomic E-state index is -0.0717. The molecule has 4 rings (SSSR count). The first-order valence-electron chi connectivity index (χ1n) is 8.54. The van der Waals surface area contributed by atoms with Gasteiger partial charge >= 0.3 is 0 Å². The zero-order valence-electron chi connectivity index (χ0n) is 13.0. The predicted molar refractivity (Wildman–Crippen MR) is 83.4 cm³/mol. The van der Waals surface area contributed by atoms with Gasteiger partial charge in [0.05, 0.1) is 6.20 Å². The summed E-state index contributed by atoms with van der Waals surface area (Å²) in [5.74, 6) is 0.903. The third kappa shape index (κ3) is 2.74. The molecular weight excluding hydrogens is 276 g/mol. The Bertz CT molecular complexity index is 535. The van der Waals surface area contributed by atoms with E-state index in [-0.39, 0.29) is 5.91 Å². The van der Waals surface area contributed by atoms with E-state index in [1.807, 2.05) is 0 Å². The van der Waals surface area contributed by atoms with Crippen molar-refractivity contribution >= 4 is 5.91 Å². The number of carbonyl (C=O) groups is 1. The van der Waals surface area contributed by atoms with Gasteiger partial charge < -0.3 is 10.2 Å². The molecule has 22 heavy (non-hydrogen) atoms. The topological polar surface area (TPSA) is 58.1 Å². The van der Waals surface area contributed by atoms with Crippen LogP contribution in [-0.4, -0.2) is 46.5 Å². The maximum Gasteiger partial charge on any atom is 0.271 e. The van der Waals surface area contributed by atoms with Crippen molar-refractivity contribution in [3.8, 4) is 0 Å². The largest absolute Gasteiger partial charge is 0.347 e. The number of piperidine rings is 1. The van der Waals surface area contributed by atoms with Gasteiger partial charge in [-0.1, -0.05) is 0 Å². The van der Waals surface area contributed by atoms with E-state index in [2.05, 4.69) is 20.2 Å². The first-order chi connectivity index (χ1) is 10.8. The van der Waals surface area contributed by atoms with Crippen molar-refractivity contribution in [1.82, 2.24) is 20.2 Å². The molecule has 0 bridgehead atoms. The van der Waals surface area contributed by atoms with Gasteiger partial charge in [0.2, 0.25) is 0 Å². The third-order valence-electron chi connectivity index (χ3n) is 5.84. The Morgan fingerprint density at radius 1 is 1.23 bits per heavy atom. The van der Waals surface area contributed by atoms with E-state index in [1.165, 1.54) is 51.7 Å². The van der Waals surface area contributed by atoms with Crippen molar-refractivity contribution in [2.24, 2.45) is 11.3 Å². The highest BCUT2D eigenvalue weighted by Gasteiger charge is 2.49. The molecule has 3 fully saturated rings. The van der Waals surface area contributed by atoms with Crippen LogP contribution in [-0.2, 0) is 0 Å². The minimum Gasteiger partial charge on any atom is -0.347 e. The molecule has 1 aromatic rings. The second-order valence-corrected chi connectivity index (χ2v) is 7.26. The van der Waals surface area contributed by atoms with E-state index in [9.17, 15) is 4.79 Å². The van der Waals surface area contributed by atoms with Crippen LogP contribution in [0, 0.1) is 11.3 Å². The molecule has 1 aromatic heterocycles. The Morgan fingerprint density at radius 2 is 2.05 bits per heavy atom. The first-order valence-corrected chi connectivity index (χ1v) is 8.54. The summed E-state index contributed by atoms with van der Waals surface area (Å²) in [6.45, 7) is 3.70. The summed E-state index contributed by atoms with van der Waals surface area (Å²) in [5, 5.41) is 3.20. The molecule has 2 saturated carbocycles. The standard InChI is InChI=1S/C17H24N4O/c22-16(14-11-18-7-8-19-14)20-15-3-4-17(15)5-9-21(10-6-17)12-13-1-2-13/h7-8,11,13,15H,1-6,9-10,12H2,(H,20,22)/t15-/m0/s1. The summed E-state index contributed by atoms with van der Waals surface area (Å²) in [5.41, 5.74) is 0.772. The van der Waals surface area contributed by atoms with Crippen molar-refractivity contribution < 1.29 is 4.79 Å². The zero-order chi connectivity index (χ0) is 15.0. The molecule has 1 aliphatic heterocycles. The highest BCUT2D eigenvalue weighted by molar-refractivity contribution is 5.92. The Hall–Kier alpha value is -1.49. The Morgan fingerprint density at radius 3 is 2.64 bits per heavy atom. The van der Waals surface area contributed by atoms with Crippen molar-refractivity contribution in [3.63, 3.8) is 0 Å². The molecule has 0 aromatic carbocycles. The SMILES string of the molecule is O=C(N[C@H]1CCC12CCN(CC1CC1)CC2)c1cnccn1. The van der Waals surface area contributed by atoms with Crippen LogP contribution in [0.15, 0.2) is 18.6 Å². The van der Waals surface area contributed by atoms with Crippen molar-refractivity contribution in [2.75, 3.05) is 19.6 Å². The van der Waals surface area contributed by atoms with Crippen LogP contribution < -0.4 is 5.32 Å². The summed E-state index contributed by atoms with van der Waals surface area (Å²) in [6, 6.07) is 0.324. The summed E-state index contributed by atoms with van der Waals surface area (Å²) < 4.78 is 0. The zero-order valence-corrected chi connectivity index (χ0v) is 13.0. The van der Waals surface area contributed by atoms with Crippen molar-refractivity contribution in [1.29, 1.82) is 0 Å². The fourth-order valence-corrected chi connectivity index (χ4v) is 4.02. The quantitative estimate of drug-likeness (QED) is 0.922. The lowest BCUT2D eigenvalue weighted by atomic mass is 9.59. The molecule has 118 valence electrons. The van der Waals surface area contributed by atoms with E-state index in [1.54, 1.807) is 18.6 Å². The molecule has 5 nitrogen and oxygen atoms in total. The highest BCUT2D eigenvalue weighted by Crippen LogP contribution is 2.49. The maximum atomic E-state index is 12.3. The smallest absolute Gasteiger partial charge is 0.271 e. The number of rotatable bonds is 4. The molecule has 1 amide bonds. The van der Waals surface area contributed by atoms with E-state index in [0.717, 1.165) is 12.3 Å². The molecular formula is C17H24N4O. The van der Waals surface area contributed by atoms with Gasteiger partial charge in [0.1, 0.15) is 5.69 Å². The number of carbonyl (C=O) groups excluding carboxylic acids is 1. The van der Waals surface area contributed by atoms with Gasteiger partial charge in [-0.2, -0.15) is 0 Å². The second-order valence-electron chi connectivity index (χ2n) is 7.26. The van der Waals surface area contributed by atoms with Gasteiger partial charge in [-0.3, -0.25) is 9.78 Å². The lowest BCUT2D eigenvalue weighted by molar-refractivity contribution is -0.00613. The fraction of sp³-hybridized carbons (Fsp3) is 0.706. The van der Waals surface area contributed by atoms with Crippen LogP contribution in [0.1, 0.15) is 49.0 Å². The van der Waals surface area contributed by atoms with Crippen LogP contribution in [0.25, 0.3) is 0 Å². The second kappa shape index (κ2) is 5.61. The van der Waals surface area contributed by atoms with Gasteiger partial charge in [-0.05, 0) is 62.9 Å². The molecule has 1 saturated heterocycles. The van der Waals surface area contributed by atoms with Crippen LogP contribution in [0.4, 0.5) is 0 Å². The molecule has 5 heteroatoms. The van der Waals surface area contributed by atoms with E-state index in [0.29, 0.717) is 17.2 Å². The number of amides is 1.